The Kier molecular flexibility index (Phi) is 32.7. The first-order valence-electron chi connectivity index (χ1n) is 17.6. The zero-order valence-electron chi connectivity index (χ0n) is 28.1. The number of carbonyl (C=O) groups is 2. The van der Waals surface area contributed by atoms with Crippen LogP contribution in [-0.2, 0) is 19.1 Å². The molecule has 0 aliphatic rings. The molecular formula is C39H64O5. The van der Waals surface area contributed by atoms with Gasteiger partial charge in [-0.2, -0.15) is 0 Å². The smallest absolute Gasteiger partial charge is 0.306 e. The molecule has 0 aliphatic heterocycles. The van der Waals surface area contributed by atoms with Gasteiger partial charge in [0.05, 0.1) is 6.61 Å². The van der Waals surface area contributed by atoms with Crippen LogP contribution in [0.1, 0.15) is 142 Å². The van der Waals surface area contributed by atoms with Gasteiger partial charge < -0.3 is 14.6 Å². The third-order valence-electron chi connectivity index (χ3n) is 7.10. The Balaban J connectivity index is 3.70. The minimum atomic E-state index is -0.793. The van der Waals surface area contributed by atoms with Crippen molar-refractivity contribution < 1.29 is 24.2 Å². The number of carbonyl (C=O) groups excluding carboxylic acids is 2. The van der Waals surface area contributed by atoms with Crippen LogP contribution in [0, 0.1) is 0 Å². The number of ether oxygens (including phenoxy) is 2. The van der Waals surface area contributed by atoms with E-state index < -0.39 is 6.10 Å². The van der Waals surface area contributed by atoms with Gasteiger partial charge in [0.2, 0.25) is 0 Å². The Morgan fingerprint density at radius 2 is 0.909 bits per heavy atom. The fraction of sp³-hybridized carbons (Fsp3) is 0.641. The molecule has 1 unspecified atom stereocenters. The van der Waals surface area contributed by atoms with Gasteiger partial charge in [0.15, 0.2) is 6.10 Å². The van der Waals surface area contributed by atoms with Crippen molar-refractivity contribution in [1.82, 2.24) is 0 Å². The van der Waals surface area contributed by atoms with Gasteiger partial charge in [-0.15, -0.1) is 0 Å². The Morgan fingerprint density at radius 1 is 0.523 bits per heavy atom. The minimum absolute atomic E-state index is 0.0891. The standard InChI is InChI=1S/C39H64O5/c1-3-5-7-9-11-13-15-17-19-21-23-25-27-29-31-33-38(41)43-36-37(35-40)44-39(42)34-32-30-28-26-24-22-20-18-16-14-12-10-8-6-4-2/h9-20,37,40H,3-8,21-36H2,1-2H3/b11-9+,12-10+,15-13-,16-14-,19-17+,20-18+. The van der Waals surface area contributed by atoms with Gasteiger partial charge in [-0.25, -0.2) is 0 Å². The molecule has 0 spiro atoms. The highest BCUT2D eigenvalue weighted by atomic mass is 16.6. The van der Waals surface area contributed by atoms with E-state index in [1.165, 1.54) is 25.7 Å². The Morgan fingerprint density at radius 3 is 1.34 bits per heavy atom. The van der Waals surface area contributed by atoms with Crippen LogP contribution >= 0.6 is 0 Å². The summed E-state index contributed by atoms with van der Waals surface area (Å²) in [6.07, 6.45) is 45.1. The fourth-order valence-electron chi connectivity index (χ4n) is 4.35. The molecule has 44 heavy (non-hydrogen) atoms. The second-order valence-corrected chi connectivity index (χ2v) is 11.4. The SMILES string of the molecule is CCCC/C=C/C=C\C=C\CCCCCCCC(=O)OCC(CO)OC(=O)CCCCCCC/C=C/C=C\C=C\CCCC. The molecule has 0 amide bonds. The van der Waals surface area contributed by atoms with Crippen molar-refractivity contribution in [3.63, 3.8) is 0 Å². The summed E-state index contributed by atoms with van der Waals surface area (Å²) < 4.78 is 10.5. The lowest BCUT2D eigenvalue weighted by Crippen LogP contribution is -2.28. The molecule has 0 bridgehead atoms. The summed E-state index contributed by atoms with van der Waals surface area (Å²) in [5, 5.41) is 9.52. The number of allylic oxidation sites excluding steroid dienone is 12. The number of unbranched alkanes of at least 4 members (excludes halogenated alkanes) is 14. The molecule has 0 aromatic heterocycles. The molecule has 250 valence electrons. The molecule has 5 nitrogen and oxygen atoms in total. The van der Waals surface area contributed by atoms with E-state index in [1.807, 2.05) is 0 Å². The van der Waals surface area contributed by atoms with Crippen molar-refractivity contribution >= 4 is 11.9 Å². The van der Waals surface area contributed by atoms with Gasteiger partial charge in [-0.05, 0) is 51.4 Å². The maximum absolute atomic E-state index is 12.1. The van der Waals surface area contributed by atoms with Gasteiger partial charge in [0.1, 0.15) is 6.61 Å². The molecule has 0 aromatic rings. The lowest BCUT2D eigenvalue weighted by Gasteiger charge is -2.15. The van der Waals surface area contributed by atoms with Crippen LogP contribution in [0.25, 0.3) is 0 Å². The van der Waals surface area contributed by atoms with Gasteiger partial charge >= 0.3 is 11.9 Å². The summed E-state index contributed by atoms with van der Waals surface area (Å²) in [5.74, 6) is -0.647. The maximum atomic E-state index is 12.1. The van der Waals surface area contributed by atoms with E-state index in [2.05, 4.69) is 86.8 Å². The lowest BCUT2D eigenvalue weighted by molar-refractivity contribution is -0.161. The topological polar surface area (TPSA) is 72.8 Å². The van der Waals surface area contributed by atoms with Gasteiger partial charge in [0, 0.05) is 12.8 Å². The molecule has 0 saturated heterocycles. The molecule has 0 radical (unpaired) electrons. The summed E-state index contributed by atoms with van der Waals surface area (Å²) in [6, 6.07) is 0. The molecule has 5 heteroatoms. The van der Waals surface area contributed by atoms with E-state index in [4.69, 9.17) is 9.47 Å². The van der Waals surface area contributed by atoms with Crippen LogP contribution in [0.5, 0.6) is 0 Å². The number of hydrogen-bond acceptors (Lipinski definition) is 5. The van der Waals surface area contributed by atoms with Crippen LogP contribution in [0.15, 0.2) is 72.9 Å². The number of rotatable bonds is 30. The summed E-state index contributed by atoms with van der Waals surface area (Å²) in [4.78, 5) is 24.2. The number of esters is 2. The van der Waals surface area contributed by atoms with Crippen LogP contribution in [0.2, 0.25) is 0 Å². The zero-order chi connectivity index (χ0) is 32.2. The Hall–Kier alpha value is -2.66. The largest absolute Gasteiger partial charge is 0.462 e. The first-order chi connectivity index (χ1) is 21.6. The predicted molar refractivity (Wildman–Crippen MR) is 186 cm³/mol. The second kappa shape index (κ2) is 34.8. The van der Waals surface area contributed by atoms with Crippen molar-refractivity contribution in [3.8, 4) is 0 Å². The van der Waals surface area contributed by atoms with Crippen LogP contribution in [0.3, 0.4) is 0 Å². The molecule has 0 saturated carbocycles. The molecule has 0 heterocycles. The molecule has 1 atom stereocenters. The van der Waals surface area contributed by atoms with Crippen LogP contribution < -0.4 is 0 Å². The summed E-state index contributed by atoms with van der Waals surface area (Å²) >= 11 is 0. The number of hydrogen-bond donors (Lipinski definition) is 1. The first kappa shape index (κ1) is 41.3. The predicted octanol–water partition coefficient (Wildman–Crippen LogP) is 10.6. The molecule has 0 aromatic carbocycles. The summed E-state index contributed by atoms with van der Waals surface area (Å²) in [5.41, 5.74) is 0. The highest BCUT2D eigenvalue weighted by Crippen LogP contribution is 2.11. The van der Waals surface area contributed by atoms with E-state index in [1.54, 1.807) is 0 Å². The molecule has 1 N–H and O–H groups in total. The normalized spacial score (nSPS) is 13.1. The van der Waals surface area contributed by atoms with E-state index in [0.29, 0.717) is 12.8 Å². The number of aliphatic hydroxyl groups is 1. The monoisotopic (exact) mass is 612 g/mol. The van der Waals surface area contributed by atoms with Crippen molar-refractivity contribution in [2.75, 3.05) is 13.2 Å². The van der Waals surface area contributed by atoms with Gasteiger partial charge in [-0.1, -0.05) is 151 Å². The molecule has 0 aliphatic carbocycles. The second-order valence-electron chi connectivity index (χ2n) is 11.4. The van der Waals surface area contributed by atoms with Crippen LogP contribution in [-0.4, -0.2) is 36.4 Å². The lowest BCUT2D eigenvalue weighted by atomic mass is 10.1. The third kappa shape index (κ3) is 32.3. The molecule has 0 fully saturated rings. The fourth-order valence-corrected chi connectivity index (χ4v) is 4.35. The van der Waals surface area contributed by atoms with Crippen molar-refractivity contribution in [2.45, 2.75) is 148 Å². The van der Waals surface area contributed by atoms with Crippen molar-refractivity contribution in [3.05, 3.63) is 72.9 Å². The maximum Gasteiger partial charge on any atom is 0.306 e. The highest BCUT2D eigenvalue weighted by molar-refractivity contribution is 5.70. The average molecular weight is 613 g/mol. The summed E-state index contributed by atoms with van der Waals surface area (Å²) in [7, 11) is 0. The van der Waals surface area contributed by atoms with E-state index in [9.17, 15) is 14.7 Å². The van der Waals surface area contributed by atoms with Crippen LogP contribution in [0.4, 0.5) is 0 Å². The van der Waals surface area contributed by atoms with Crippen molar-refractivity contribution in [1.29, 1.82) is 0 Å². The molecule has 0 rings (SSSR count). The summed E-state index contributed by atoms with van der Waals surface area (Å²) in [6.45, 7) is 3.97. The Labute approximate surface area is 270 Å². The minimum Gasteiger partial charge on any atom is -0.462 e. The first-order valence-corrected chi connectivity index (χ1v) is 17.6. The number of aliphatic hydroxyl groups excluding tert-OH is 1. The molecular weight excluding hydrogens is 548 g/mol. The van der Waals surface area contributed by atoms with E-state index >= 15 is 0 Å². The zero-order valence-corrected chi connectivity index (χ0v) is 28.1. The average Bonchev–Trinajstić information content (AvgIpc) is 3.02. The van der Waals surface area contributed by atoms with E-state index in [-0.39, 0.29) is 25.2 Å². The van der Waals surface area contributed by atoms with Crippen molar-refractivity contribution in [2.24, 2.45) is 0 Å². The van der Waals surface area contributed by atoms with Gasteiger partial charge in [0.25, 0.3) is 0 Å². The quantitative estimate of drug-likeness (QED) is 0.0496. The third-order valence-corrected chi connectivity index (χ3v) is 7.10. The highest BCUT2D eigenvalue weighted by Gasteiger charge is 2.16. The van der Waals surface area contributed by atoms with E-state index in [0.717, 1.165) is 89.9 Å². The Bertz CT molecular complexity index is 833. The van der Waals surface area contributed by atoms with Gasteiger partial charge in [-0.3, -0.25) is 9.59 Å².